The topological polar surface area (TPSA) is 64.9 Å². The molecule has 0 atom stereocenters. The normalized spacial score (nSPS) is 12.4. The SMILES string of the molecule is CC(C)SCc1noc(CCC(C)(C)N)n1. The second-order valence-electron chi connectivity index (χ2n) is 4.95. The molecule has 0 fully saturated rings. The first-order valence-electron chi connectivity index (χ1n) is 5.59. The van der Waals surface area contributed by atoms with Gasteiger partial charge in [0.25, 0.3) is 0 Å². The molecule has 0 aliphatic carbocycles. The largest absolute Gasteiger partial charge is 0.339 e. The van der Waals surface area contributed by atoms with Gasteiger partial charge in [-0.15, -0.1) is 0 Å². The van der Waals surface area contributed by atoms with Crippen molar-refractivity contribution >= 4 is 11.8 Å². The summed E-state index contributed by atoms with van der Waals surface area (Å²) in [5, 5.41) is 4.53. The average Bonchev–Trinajstić information content (AvgIpc) is 2.58. The fraction of sp³-hybridized carbons (Fsp3) is 0.818. The van der Waals surface area contributed by atoms with E-state index >= 15 is 0 Å². The minimum absolute atomic E-state index is 0.179. The molecule has 5 heteroatoms. The molecule has 4 nitrogen and oxygen atoms in total. The van der Waals surface area contributed by atoms with Gasteiger partial charge in [-0.2, -0.15) is 16.7 Å². The molecule has 2 N–H and O–H groups in total. The third kappa shape index (κ3) is 5.51. The van der Waals surface area contributed by atoms with E-state index in [0.717, 1.165) is 24.4 Å². The van der Waals surface area contributed by atoms with Crippen molar-refractivity contribution in [2.75, 3.05) is 0 Å². The second kappa shape index (κ2) is 5.68. The zero-order valence-electron chi connectivity index (χ0n) is 10.5. The number of thioether (sulfide) groups is 1. The summed E-state index contributed by atoms with van der Waals surface area (Å²) in [5.41, 5.74) is 5.72. The highest BCUT2D eigenvalue weighted by Gasteiger charge is 2.14. The first-order chi connectivity index (χ1) is 7.37. The molecule has 0 amide bonds. The van der Waals surface area contributed by atoms with Crippen molar-refractivity contribution in [3.63, 3.8) is 0 Å². The Bertz CT molecular complexity index is 317. The lowest BCUT2D eigenvalue weighted by Gasteiger charge is -2.16. The molecule has 0 aliphatic heterocycles. The Labute approximate surface area is 101 Å². The van der Waals surface area contributed by atoms with Gasteiger partial charge in [-0.05, 0) is 25.5 Å². The third-order valence-electron chi connectivity index (χ3n) is 2.04. The summed E-state index contributed by atoms with van der Waals surface area (Å²) in [5.74, 6) is 2.29. The highest BCUT2D eigenvalue weighted by atomic mass is 32.2. The lowest BCUT2D eigenvalue weighted by Crippen LogP contribution is -2.32. The van der Waals surface area contributed by atoms with Gasteiger partial charge in [-0.25, -0.2) is 0 Å². The summed E-state index contributed by atoms with van der Waals surface area (Å²) < 4.78 is 5.16. The van der Waals surface area contributed by atoms with E-state index < -0.39 is 0 Å². The van der Waals surface area contributed by atoms with E-state index in [1.165, 1.54) is 0 Å². The summed E-state index contributed by atoms with van der Waals surface area (Å²) in [7, 11) is 0. The zero-order chi connectivity index (χ0) is 12.2. The van der Waals surface area contributed by atoms with Crippen LogP contribution in [0.3, 0.4) is 0 Å². The Kier molecular flexibility index (Phi) is 4.80. The van der Waals surface area contributed by atoms with Gasteiger partial charge in [-0.1, -0.05) is 19.0 Å². The molecule has 1 rings (SSSR count). The molecule has 1 aromatic heterocycles. The molecule has 1 aromatic rings. The van der Waals surface area contributed by atoms with Crippen molar-refractivity contribution in [3.8, 4) is 0 Å². The molecule has 16 heavy (non-hydrogen) atoms. The molecule has 0 spiro atoms. The molecule has 0 saturated heterocycles. The summed E-state index contributed by atoms with van der Waals surface area (Å²) >= 11 is 1.81. The van der Waals surface area contributed by atoms with Crippen LogP contribution in [-0.2, 0) is 12.2 Å². The maximum atomic E-state index is 5.89. The Hall–Kier alpha value is -0.550. The van der Waals surface area contributed by atoms with Crippen LogP contribution in [0.5, 0.6) is 0 Å². The molecule has 0 bridgehead atoms. The van der Waals surface area contributed by atoms with Crippen molar-refractivity contribution in [3.05, 3.63) is 11.7 Å². The monoisotopic (exact) mass is 243 g/mol. The van der Waals surface area contributed by atoms with Crippen LogP contribution >= 0.6 is 11.8 Å². The smallest absolute Gasteiger partial charge is 0.226 e. The van der Waals surface area contributed by atoms with Gasteiger partial charge in [0.05, 0.1) is 5.75 Å². The van der Waals surface area contributed by atoms with Crippen LogP contribution in [0.1, 0.15) is 45.8 Å². The summed E-state index contributed by atoms with van der Waals surface area (Å²) in [6, 6.07) is 0. The molecule has 92 valence electrons. The summed E-state index contributed by atoms with van der Waals surface area (Å²) in [4.78, 5) is 4.33. The Balaban J connectivity index is 2.39. The van der Waals surface area contributed by atoms with Crippen molar-refractivity contribution in [1.29, 1.82) is 0 Å². The number of hydrogen-bond acceptors (Lipinski definition) is 5. The van der Waals surface area contributed by atoms with Gasteiger partial charge in [0.15, 0.2) is 5.82 Å². The highest BCUT2D eigenvalue weighted by Crippen LogP contribution is 2.16. The van der Waals surface area contributed by atoms with Crippen LogP contribution in [0, 0.1) is 0 Å². The van der Waals surface area contributed by atoms with E-state index in [4.69, 9.17) is 10.3 Å². The fourth-order valence-corrected chi connectivity index (χ4v) is 1.72. The highest BCUT2D eigenvalue weighted by molar-refractivity contribution is 7.99. The van der Waals surface area contributed by atoms with Gasteiger partial charge in [0, 0.05) is 12.0 Å². The fourth-order valence-electron chi connectivity index (χ4n) is 1.12. The van der Waals surface area contributed by atoms with Crippen LogP contribution in [0.2, 0.25) is 0 Å². The van der Waals surface area contributed by atoms with Crippen LogP contribution in [0.15, 0.2) is 4.52 Å². The molecule has 0 radical (unpaired) electrons. The lowest BCUT2D eigenvalue weighted by molar-refractivity contribution is 0.355. The van der Waals surface area contributed by atoms with E-state index in [1.807, 2.05) is 25.6 Å². The third-order valence-corrected chi connectivity index (χ3v) is 3.13. The van der Waals surface area contributed by atoms with Gasteiger partial charge in [0.2, 0.25) is 5.89 Å². The first-order valence-corrected chi connectivity index (χ1v) is 6.63. The van der Waals surface area contributed by atoms with Crippen LogP contribution in [0.25, 0.3) is 0 Å². The van der Waals surface area contributed by atoms with Crippen molar-refractivity contribution in [2.45, 2.75) is 57.1 Å². The lowest BCUT2D eigenvalue weighted by atomic mass is 10.0. The number of aryl methyl sites for hydroxylation is 1. The first kappa shape index (κ1) is 13.5. The van der Waals surface area contributed by atoms with Gasteiger partial charge >= 0.3 is 0 Å². The number of aromatic nitrogens is 2. The predicted octanol–water partition coefficient (Wildman–Crippen LogP) is 2.38. The number of hydrogen-bond donors (Lipinski definition) is 1. The van der Waals surface area contributed by atoms with Gasteiger partial charge in [-0.3, -0.25) is 0 Å². The van der Waals surface area contributed by atoms with Crippen LogP contribution < -0.4 is 5.73 Å². The van der Waals surface area contributed by atoms with Crippen LogP contribution in [-0.4, -0.2) is 20.9 Å². The maximum absolute atomic E-state index is 5.89. The summed E-state index contributed by atoms with van der Waals surface area (Å²) in [6.07, 6.45) is 1.61. The standard InChI is InChI=1S/C11H21N3OS/c1-8(2)16-7-9-13-10(15-14-9)5-6-11(3,4)12/h8H,5-7,12H2,1-4H3. The second-order valence-corrected chi connectivity index (χ2v) is 6.52. The van der Waals surface area contributed by atoms with E-state index in [2.05, 4.69) is 24.0 Å². The van der Waals surface area contributed by atoms with Crippen molar-refractivity contribution in [2.24, 2.45) is 5.73 Å². The van der Waals surface area contributed by atoms with E-state index in [0.29, 0.717) is 11.1 Å². The Morgan fingerprint density at radius 3 is 2.69 bits per heavy atom. The molecule has 0 unspecified atom stereocenters. The van der Waals surface area contributed by atoms with Gasteiger partial charge < -0.3 is 10.3 Å². The molecule has 0 saturated carbocycles. The minimum Gasteiger partial charge on any atom is -0.339 e. The van der Waals surface area contributed by atoms with Crippen LogP contribution in [0.4, 0.5) is 0 Å². The summed E-state index contributed by atoms with van der Waals surface area (Å²) in [6.45, 7) is 8.31. The van der Waals surface area contributed by atoms with E-state index in [1.54, 1.807) is 0 Å². The molecule has 0 aliphatic rings. The quantitative estimate of drug-likeness (QED) is 0.831. The van der Waals surface area contributed by atoms with Gasteiger partial charge in [0.1, 0.15) is 0 Å². The van der Waals surface area contributed by atoms with E-state index in [-0.39, 0.29) is 5.54 Å². The molecular weight excluding hydrogens is 222 g/mol. The maximum Gasteiger partial charge on any atom is 0.226 e. The number of nitrogens with two attached hydrogens (primary N) is 1. The Morgan fingerprint density at radius 2 is 2.12 bits per heavy atom. The van der Waals surface area contributed by atoms with Crippen molar-refractivity contribution < 1.29 is 4.52 Å². The van der Waals surface area contributed by atoms with E-state index in [9.17, 15) is 0 Å². The molecule has 0 aromatic carbocycles. The number of nitrogens with zero attached hydrogens (tertiary/aromatic N) is 2. The number of rotatable bonds is 6. The minimum atomic E-state index is -0.179. The van der Waals surface area contributed by atoms with Crippen molar-refractivity contribution in [1.82, 2.24) is 10.1 Å². The average molecular weight is 243 g/mol. The molecule has 1 heterocycles. The zero-order valence-corrected chi connectivity index (χ0v) is 11.3. The predicted molar refractivity (Wildman–Crippen MR) is 67.3 cm³/mol. The molecular formula is C11H21N3OS. The Morgan fingerprint density at radius 1 is 1.44 bits per heavy atom.